The van der Waals surface area contributed by atoms with Crippen LogP contribution in [0.3, 0.4) is 0 Å². The normalized spacial score (nSPS) is 11.8. The van der Waals surface area contributed by atoms with Crippen molar-refractivity contribution in [3.8, 4) is 11.5 Å². The second-order valence-electron chi connectivity index (χ2n) is 5.70. The third kappa shape index (κ3) is 6.50. The summed E-state index contributed by atoms with van der Waals surface area (Å²) in [5.41, 5.74) is 2.25. The SMILES string of the molecule is CCOCCOc1ccc(NCC(C)Oc2cccc(C)c2)cc1. The van der Waals surface area contributed by atoms with E-state index in [-0.39, 0.29) is 6.10 Å². The van der Waals surface area contributed by atoms with E-state index in [1.54, 1.807) is 0 Å². The van der Waals surface area contributed by atoms with E-state index in [4.69, 9.17) is 14.2 Å². The lowest BCUT2D eigenvalue weighted by atomic mass is 10.2. The Hall–Kier alpha value is -2.20. The number of anilines is 1. The van der Waals surface area contributed by atoms with Gasteiger partial charge in [0.25, 0.3) is 0 Å². The molecule has 0 aliphatic heterocycles. The molecule has 0 heterocycles. The number of hydrogen-bond donors (Lipinski definition) is 1. The largest absolute Gasteiger partial charge is 0.491 e. The zero-order valence-corrected chi connectivity index (χ0v) is 14.7. The van der Waals surface area contributed by atoms with Gasteiger partial charge < -0.3 is 19.5 Å². The molecule has 0 aromatic heterocycles. The van der Waals surface area contributed by atoms with E-state index in [2.05, 4.69) is 25.2 Å². The Morgan fingerprint density at radius 1 is 1.00 bits per heavy atom. The summed E-state index contributed by atoms with van der Waals surface area (Å²) in [4.78, 5) is 0. The van der Waals surface area contributed by atoms with Gasteiger partial charge in [0.15, 0.2) is 0 Å². The van der Waals surface area contributed by atoms with Crippen LogP contribution in [0.15, 0.2) is 48.5 Å². The molecule has 1 atom stereocenters. The zero-order valence-electron chi connectivity index (χ0n) is 14.7. The molecule has 0 saturated carbocycles. The molecular formula is C20H27NO3. The average Bonchev–Trinajstić information content (AvgIpc) is 2.58. The fourth-order valence-electron chi connectivity index (χ4n) is 2.26. The van der Waals surface area contributed by atoms with Crippen LogP contribution in [-0.2, 0) is 4.74 Å². The van der Waals surface area contributed by atoms with Crippen molar-refractivity contribution in [2.45, 2.75) is 26.9 Å². The Kier molecular flexibility index (Phi) is 7.43. The number of nitrogens with one attached hydrogen (secondary N) is 1. The molecule has 24 heavy (non-hydrogen) atoms. The Balaban J connectivity index is 1.73. The van der Waals surface area contributed by atoms with Crippen LogP contribution < -0.4 is 14.8 Å². The van der Waals surface area contributed by atoms with Crippen molar-refractivity contribution < 1.29 is 14.2 Å². The van der Waals surface area contributed by atoms with Crippen molar-refractivity contribution in [3.63, 3.8) is 0 Å². The van der Waals surface area contributed by atoms with Crippen LogP contribution in [0.25, 0.3) is 0 Å². The summed E-state index contributed by atoms with van der Waals surface area (Å²) in [6, 6.07) is 16.0. The quantitative estimate of drug-likeness (QED) is 0.660. The average molecular weight is 329 g/mol. The van der Waals surface area contributed by atoms with Crippen molar-refractivity contribution in [1.82, 2.24) is 0 Å². The van der Waals surface area contributed by atoms with Crippen LogP contribution in [0.5, 0.6) is 11.5 Å². The van der Waals surface area contributed by atoms with Gasteiger partial charge in [-0.25, -0.2) is 0 Å². The molecule has 0 bridgehead atoms. The Bertz CT molecular complexity index is 598. The molecule has 2 aromatic rings. The van der Waals surface area contributed by atoms with Gasteiger partial charge in [-0.1, -0.05) is 12.1 Å². The molecule has 130 valence electrons. The van der Waals surface area contributed by atoms with Gasteiger partial charge in [-0.3, -0.25) is 0 Å². The van der Waals surface area contributed by atoms with E-state index in [1.165, 1.54) is 5.56 Å². The first-order chi connectivity index (χ1) is 11.7. The standard InChI is InChI=1S/C20H27NO3/c1-4-22-12-13-23-19-10-8-18(9-11-19)21-15-17(3)24-20-7-5-6-16(2)14-20/h5-11,14,17,21H,4,12-13,15H2,1-3H3. The Morgan fingerprint density at radius 2 is 1.79 bits per heavy atom. The van der Waals surface area contributed by atoms with E-state index >= 15 is 0 Å². The van der Waals surface area contributed by atoms with Gasteiger partial charge in [-0.2, -0.15) is 0 Å². The first kappa shape index (κ1) is 18.1. The summed E-state index contributed by atoms with van der Waals surface area (Å²) >= 11 is 0. The molecular weight excluding hydrogens is 302 g/mol. The number of benzene rings is 2. The molecule has 0 fully saturated rings. The highest BCUT2D eigenvalue weighted by atomic mass is 16.5. The van der Waals surface area contributed by atoms with Crippen molar-refractivity contribution in [1.29, 1.82) is 0 Å². The number of ether oxygens (including phenoxy) is 3. The maximum atomic E-state index is 5.92. The molecule has 0 amide bonds. The molecule has 2 aromatic carbocycles. The molecule has 1 N–H and O–H groups in total. The minimum absolute atomic E-state index is 0.0777. The van der Waals surface area contributed by atoms with Gasteiger partial charge >= 0.3 is 0 Å². The summed E-state index contributed by atoms with van der Waals surface area (Å²) in [6.45, 7) is 8.73. The summed E-state index contributed by atoms with van der Waals surface area (Å²) < 4.78 is 16.8. The van der Waals surface area contributed by atoms with Crippen LogP contribution in [0.4, 0.5) is 5.69 Å². The van der Waals surface area contributed by atoms with Crippen LogP contribution >= 0.6 is 0 Å². The number of rotatable bonds is 10. The van der Waals surface area contributed by atoms with Gasteiger partial charge in [0.05, 0.1) is 13.2 Å². The predicted molar refractivity (Wildman–Crippen MR) is 98.2 cm³/mol. The Morgan fingerprint density at radius 3 is 2.50 bits per heavy atom. The van der Waals surface area contributed by atoms with Gasteiger partial charge in [-0.05, 0) is 62.7 Å². The van der Waals surface area contributed by atoms with Crippen LogP contribution in [0.2, 0.25) is 0 Å². The van der Waals surface area contributed by atoms with E-state index in [1.807, 2.05) is 49.4 Å². The molecule has 0 spiro atoms. The second-order valence-corrected chi connectivity index (χ2v) is 5.70. The molecule has 2 rings (SSSR count). The lowest BCUT2D eigenvalue weighted by molar-refractivity contribution is 0.110. The monoisotopic (exact) mass is 329 g/mol. The first-order valence-corrected chi connectivity index (χ1v) is 8.45. The van der Waals surface area contributed by atoms with Crippen LogP contribution in [0, 0.1) is 6.92 Å². The summed E-state index contributed by atoms with van der Waals surface area (Å²) in [7, 11) is 0. The Labute approximate surface area is 144 Å². The highest BCUT2D eigenvalue weighted by Gasteiger charge is 2.04. The number of aryl methyl sites for hydroxylation is 1. The minimum Gasteiger partial charge on any atom is -0.491 e. The molecule has 4 nitrogen and oxygen atoms in total. The highest BCUT2D eigenvalue weighted by Crippen LogP contribution is 2.17. The lowest BCUT2D eigenvalue weighted by Gasteiger charge is -2.16. The van der Waals surface area contributed by atoms with E-state index in [0.29, 0.717) is 13.2 Å². The summed E-state index contributed by atoms with van der Waals surface area (Å²) in [6.07, 6.45) is 0.0777. The van der Waals surface area contributed by atoms with Crippen molar-refractivity contribution >= 4 is 5.69 Å². The van der Waals surface area contributed by atoms with Gasteiger partial charge in [0, 0.05) is 12.3 Å². The number of hydrogen-bond acceptors (Lipinski definition) is 4. The van der Waals surface area contributed by atoms with Crippen LogP contribution in [0.1, 0.15) is 19.4 Å². The summed E-state index contributed by atoms with van der Waals surface area (Å²) in [5, 5.41) is 3.38. The van der Waals surface area contributed by atoms with E-state index < -0.39 is 0 Å². The van der Waals surface area contributed by atoms with Crippen molar-refractivity contribution in [2.75, 3.05) is 31.7 Å². The van der Waals surface area contributed by atoms with Crippen molar-refractivity contribution in [2.24, 2.45) is 0 Å². The van der Waals surface area contributed by atoms with Gasteiger partial charge in [0.2, 0.25) is 0 Å². The van der Waals surface area contributed by atoms with Gasteiger partial charge in [0.1, 0.15) is 24.2 Å². The molecule has 0 radical (unpaired) electrons. The first-order valence-electron chi connectivity index (χ1n) is 8.45. The fourth-order valence-corrected chi connectivity index (χ4v) is 2.26. The van der Waals surface area contributed by atoms with E-state index in [0.717, 1.165) is 30.3 Å². The third-order valence-electron chi connectivity index (χ3n) is 3.48. The molecule has 4 heteroatoms. The molecule has 0 aliphatic rings. The maximum Gasteiger partial charge on any atom is 0.120 e. The molecule has 1 unspecified atom stereocenters. The third-order valence-corrected chi connectivity index (χ3v) is 3.48. The topological polar surface area (TPSA) is 39.7 Å². The maximum absolute atomic E-state index is 5.92. The second kappa shape index (κ2) is 9.83. The highest BCUT2D eigenvalue weighted by molar-refractivity contribution is 5.46. The van der Waals surface area contributed by atoms with Crippen LogP contribution in [-0.4, -0.2) is 32.5 Å². The lowest BCUT2D eigenvalue weighted by Crippen LogP contribution is -2.22. The van der Waals surface area contributed by atoms with Gasteiger partial charge in [-0.15, -0.1) is 0 Å². The van der Waals surface area contributed by atoms with E-state index in [9.17, 15) is 0 Å². The molecule has 0 aliphatic carbocycles. The molecule has 0 saturated heterocycles. The smallest absolute Gasteiger partial charge is 0.120 e. The summed E-state index contributed by atoms with van der Waals surface area (Å²) in [5.74, 6) is 1.76. The predicted octanol–water partition coefficient (Wildman–Crippen LogP) is 4.29. The zero-order chi connectivity index (χ0) is 17.2. The minimum atomic E-state index is 0.0777. The fraction of sp³-hybridized carbons (Fsp3) is 0.400. The van der Waals surface area contributed by atoms with Crippen molar-refractivity contribution in [3.05, 3.63) is 54.1 Å².